The zero-order valence-corrected chi connectivity index (χ0v) is 11.1. The number of aliphatic hydroxyl groups excluding tert-OH is 1. The number of nitrogens with two attached hydrogens (primary N) is 1. The predicted molar refractivity (Wildman–Crippen MR) is 72.4 cm³/mol. The van der Waals surface area contributed by atoms with Gasteiger partial charge in [0.1, 0.15) is 5.82 Å². The first-order chi connectivity index (χ1) is 8.61. The van der Waals surface area contributed by atoms with Crippen molar-refractivity contribution in [2.45, 2.75) is 25.1 Å². The molecular formula is C13H22N4O. The van der Waals surface area contributed by atoms with Crippen molar-refractivity contribution in [2.75, 3.05) is 32.1 Å². The van der Waals surface area contributed by atoms with Crippen LogP contribution in [0, 0.1) is 0 Å². The van der Waals surface area contributed by atoms with Crippen LogP contribution in [-0.2, 0) is 6.54 Å². The van der Waals surface area contributed by atoms with E-state index >= 15 is 0 Å². The number of aromatic nitrogens is 1. The van der Waals surface area contributed by atoms with Crippen molar-refractivity contribution in [3.05, 3.63) is 23.9 Å². The Kier molecular flexibility index (Phi) is 4.16. The molecule has 1 aliphatic rings. The number of nitrogens with zero attached hydrogens (tertiary/aromatic N) is 3. The third kappa shape index (κ3) is 2.80. The first-order valence-electron chi connectivity index (χ1n) is 6.35. The molecule has 3 N–H and O–H groups in total. The highest BCUT2D eigenvalue weighted by molar-refractivity contribution is 5.49. The number of anilines is 1. The van der Waals surface area contributed by atoms with E-state index < -0.39 is 0 Å². The zero-order valence-electron chi connectivity index (χ0n) is 11.1. The van der Waals surface area contributed by atoms with E-state index in [0.717, 1.165) is 24.3 Å². The lowest BCUT2D eigenvalue weighted by Gasteiger charge is -2.29. The topological polar surface area (TPSA) is 65.6 Å². The molecule has 1 aromatic rings. The lowest BCUT2D eigenvalue weighted by molar-refractivity contribution is 0.191. The molecule has 0 spiro atoms. The monoisotopic (exact) mass is 250 g/mol. The van der Waals surface area contributed by atoms with Gasteiger partial charge in [0.15, 0.2) is 0 Å². The number of likely N-dealkylation sites (N-methyl/N-ethyl adjacent to an activating group) is 1. The van der Waals surface area contributed by atoms with Crippen LogP contribution in [0.2, 0.25) is 0 Å². The van der Waals surface area contributed by atoms with E-state index in [1.165, 1.54) is 0 Å². The van der Waals surface area contributed by atoms with Crippen LogP contribution in [0.25, 0.3) is 0 Å². The second-order valence-electron chi connectivity index (χ2n) is 5.15. The fraction of sp³-hybridized carbons (Fsp3) is 0.615. The molecule has 100 valence electrons. The fourth-order valence-electron chi connectivity index (χ4n) is 2.59. The van der Waals surface area contributed by atoms with Crippen molar-refractivity contribution in [3.63, 3.8) is 0 Å². The molecule has 2 heterocycles. The molecule has 1 fully saturated rings. The maximum absolute atomic E-state index is 9.89. The van der Waals surface area contributed by atoms with Crippen LogP contribution in [0.1, 0.15) is 12.0 Å². The molecule has 5 heteroatoms. The van der Waals surface area contributed by atoms with Crippen LogP contribution in [0.4, 0.5) is 5.82 Å². The van der Waals surface area contributed by atoms with E-state index in [2.05, 4.69) is 14.8 Å². The highest BCUT2D eigenvalue weighted by Gasteiger charge is 2.32. The van der Waals surface area contributed by atoms with Crippen molar-refractivity contribution in [1.82, 2.24) is 9.88 Å². The molecule has 2 rings (SSSR count). The Morgan fingerprint density at radius 3 is 3.00 bits per heavy atom. The Morgan fingerprint density at radius 2 is 2.33 bits per heavy atom. The van der Waals surface area contributed by atoms with Crippen molar-refractivity contribution >= 4 is 5.82 Å². The molecular weight excluding hydrogens is 228 g/mol. The molecule has 1 aliphatic heterocycles. The number of aliphatic hydroxyl groups is 1. The maximum Gasteiger partial charge on any atom is 0.133 e. The standard InChI is InChI=1S/C13H22N4O/c1-16(2)8-11-6-12(18)9-17(11)13-10(7-14)4-3-5-15-13/h3-5,11-12,18H,6-9,14H2,1-2H3. The summed E-state index contributed by atoms with van der Waals surface area (Å²) >= 11 is 0. The van der Waals surface area contributed by atoms with Gasteiger partial charge in [0.2, 0.25) is 0 Å². The molecule has 0 aliphatic carbocycles. The van der Waals surface area contributed by atoms with E-state index in [1.807, 2.05) is 26.2 Å². The molecule has 2 atom stereocenters. The average Bonchev–Trinajstić information content (AvgIpc) is 2.69. The summed E-state index contributed by atoms with van der Waals surface area (Å²) < 4.78 is 0. The number of pyridine rings is 1. The van der Waals surface area contributed by atoms with Crippen LogP contribution < -0.4 is 10.6 Å². The van der Waals surface area contributed by atoms with Crippen molar-refractivity contribution < 1.29 is 5.11 Å². The maximum atomic E-state index is 9.89. The van der Waals surface area contributed by atoms with Crippen LogP contribution in [0.3, 0.4) is 0 Å². The molecule has 0 amide bonds. The smallest absolute Gasteiger partial charge is 0.133 e. The van der Waals surface area contributed by atoms with Gasteiger partial charge in [-0.25, -0.2) is 4.98 Å². The van der Waals surface area contributed by atoms with Gasteiger partial charge in [-0.3, -0.25) is 0 Å². The lowest BCUT2D eigenvalue weighted by atomic mass is 10.2. The van der Waals surface area contributed by atoms with Crippen LogP contribution in [0.5, 0.6) is 0 Å². The van der Waals surface area contributed by atoms with Crippen molar-refractivity contribution in [2.24, 2.45) is 5.73 Å². The third-order valence-electron chi connectivity index (χ3n) is 3.33. The van der Waals surface area contributed by atoms with Gasteiger partial charge in [-0.1, -0.05) is 6.07 Å². The largest absolute Gasteiger partial charge is 0.391 e. The van der Waals surface area contributed by atoms with E-state index in [0.29, 0.717) is 19.1 Å². The molecule has 5 nitrogen and oxygen atoms in total. The Morgan fingerprint density at radius 1 is 1.56 bits per heavy atom. The van der Waals surface area contributed by atoms with E-state index in [-0.39, 0.29) is 6.10 Å². The lowest BCUT2D eigenvalue weighted by Crippen LogP contribution is -2.38. The van der Waals surface area contributed by atoms with E-state index in [9.17, 15) is 5.11 Å². The van der Waals surface area contributed by atoms with Gasteiger partial charge in [-0.2, -0.15) is 0 Å². The average molecular weight is 250 g/mol. The van der Waals surface area contributed by atoms with Gasteiger partial charge in [0.25, 0.3) is 0 Å². The van der Waals surface area contributed by atoms with E-state index in [1.54, 1.807) is 6.20 Å². The van der Waals surface area contributed by atoms with Gasteiger partial charge in [-0.15, -0.1) is 0 Å². The van der Waals surface area contributed by atoms with Gasteiger partial charge < -0.3 is 20.6 Å². The van der Waals surface area contributed by atoms with E-state index in [4.69, 9.17) is 5.73 Å². The molecule has 18 heavy (non-hydrogen) atoms. The normalized spacial score (nSPS) is 23.9. The van der Waals surface area contributed by atoms with Gasteiger partial charge >= 0.3 is 0 Å². The highest BCUT2D eigenvalue weighted by atomic mass is 16.3. The summed E-state index contributed by atoms with van der Waals surface area (Å²) in [4.78, 5) is 8.77. The molecule has 0 saturated carbocycles. The molecule has 1 saturated heterocycles. The fourth-order valence-corrected chi connectivity index (χ4v) is 2.59. The number of rotatable bonds is 4. The first-order valence-corrected chi connectivity index (χ1v) is 6.35. The number of hydrogen-bond acceptors (Lipinski definition) is 5. The molecule has 0 radical (unpaired) electrons. The summed E-state index contributed by atoms with van der Waals surface area (Å²) in [7, 11) is 4.09. The summed E-state index contributed by atoms with van der Waals surface area (Å²) in [5.74, 6) is 0.920. The van der Waals surface area contributed by atoms with Crippen LogP contribution in [0.15, 0.2) is 18.3 Å². The SMILES string of the molecule is CN(C)CC1CC(O)CN1c1ncccc1CN. The van der Waals surface area contributed by atoms with Gasteiger partial charge in [0.05, 0.1) is 6.10 Å². The Labute approximate surface area is 108 Å². The quantitative estimate of drug-likeness (QED) is 0.790. The minimum absolute atomic E-state index is 0.275. The highest BCUT2D eigenvalue weighted by Crippen LogP contribution is 2.27. The summed E-state index contributed by atoms with van der Waals surface area (Å²) in [6.45, 7) is 2.03. The van der Waals surface area contributed by atoms with Gasteiger partial charge in [0, 0.05) is 37.4 Å². The Bertz CT molecular complexity index is 396. The van der Waals surface area contributed by atoms with Crippen LogP contribution in [-0.4, -0.2) is 54.3 Å². The summed E-state index contributed by atoms with van der Waals surface area (Å²) in [5.41, 5.74) is 6.80. The Hall–Kier alpha value is -1.17. The molecule has 0 bridgehead atoms. The summed E-state index contributed by atoms with van der Waals surface area (Å²) in [5, 5.41) is 9.89. The summed E-state index contributed by atoms with van der Waals surface area (Å²) in [6, 6.07) is 4.20. The zero-order chi connectivity index (χ0) is 13.1. The minimum Gasteiger partial charge on any atom is -0.391 e. The van der Waals surface area contributed by atoms with Crippen molar-refractivity contribution in [1.29, 1.82) is 0 Å². The Balaban J connectivity index is 2.24. The predicted octanol–water partition coefficient (Wildman–Crippen LogP) is 0.0415. The third-order valence-corrected chi connectivity index (χ3v) is 3.33. The summed E-state index contributed by atoms with van der Waals surface area (Å²) in [6.07, 6.45) is 2.30. The second-order valence-corrected chi connectivity index (χ2v) is 5.15. The molecule has 2 unspecified atom stereocenters. The second kappa shape index (κ2) is 5.65. The van der Waals surface area contributed by atoms with Gasteiger partial charge in [-0.05, 0) is 26.6 Å². The number of hydrogen-bond donors (Lipinski definition) is 2. The van der Waals surface area contributed by atoms with Crippen molar-refractivity contribution in [3.8, 4) is 0 Å². The molecule has 1 aromatic heterocycles. The molecule has 0 aromatic carbocycles. The minimum atomic E-state index is -0.275. The first kappa shape index (κ1) is 13.3. The number of β-amino-alcohol motifs (C(OH)–C–C–N with tert-alkyl or cyclic N) is 1. The van der Waals surface area contributed by atoms with Crippen LogP contribution >= 0.6 is 0 Å².